The van der Waals surface area contributed by atoms with Crippen LogP contribution in [0.1, 0.15) is 33.9 Å². The van der Waals surface area contributed by atoms with E-state index in [1.165, 1.54) is 16.0 Å². The molecule has 0 fully saturated rings. The van der Waals surface area contributed by atoms with Crippen molar-refractivity contribution in [1.29, 1.82) is 0 Å². The number of hydrogen-bond donors (Lipinski definition) is 2. The molecule has 1 unspecified atom stereocenters. The van der Waals surface area contributed by atoms with Gasteiger partial charge in [-0.25, -0.2) is 4.98 Å². The zero-order chi connectivity index (χ0) is 15.9. The Hall–Kier alpha value is -1.15. The summed E-state index contributed by atoms with van der Waals surface area (Å²) in [4.78, 5) is 9.75. The lowest BCUT2D eigenvalue weighted by Gasteiger charge is -2.16. The molecule has 1 heterocycles. The highest BCUT2D eigenvalue weighted by Gasteiger charge is 2.07. The average molecular weight is 444 g/mol. The van der Waals surface area contributed by atoms with Crippen LogP contribution >= 0.6 is 35.3 Å². The molecular formula is C17H25IN4S. The van der Waals surface area contributed by atoms with E-state index < -0.39 is 0 Å². The second kappa shape index (κ2) is 9.87. The van der Waals surface area contributed by atoms with Crippen molar-refractivity contribution in [1.82, 2.24) is 15.6 Å². The maximum Gasteiger partial charge on any atom is 0.191 e. The molecule has 1 aromatic carbocycles. The van der Waals surface area contributed by atoms with Crippen LogP contribution in [-0.4, -0.2) is 24.5 Å². The zero-order valence-corrected chi connectivity index (χ0v) is 17.2. The molecule has 2 rings (SSSR count). The molecule has 0 radical (unpaired) electrons. The number of rotatable bonds is 5. The number of aliphatic imine (C=N–C) groups is 1. The number of guanidine groups is 1. The lowest BCUT2D eigenvalue weighted by Crippen LogP contribution is -2.38. The molecule has 2 N–H and O–H groups in total. The number of aryl methyl sites for hydroxylation is 2. The number of benzene rings is 1. The minimum absolute atomic E-state index is 0. The summed E-state index contributed by atoms with van der Waals surface area (Å²) < 4.78 is 0. The van der Waals surface area contributed by atoms with Crippen molar-refractivity contribution in [3.63, 3.8) is 0 Å². The monoisotopic (exact) mass is 444 g/mol. The molecule has 1 atom stereocenters. The number of hydrogen-bond acceptors (Lipinski definition) is 3. The molecule has 0 aliphatic rings. The maximum atomic E-state index is 4.27. The molecule has 6 heteroatoms. The molecule has 0 aliphatic carbocycles. The van der Waals surface area contributed by atoms with Gasteiger partial charge in [-0.3, -0.25) is 4.99 Å². The summed E-state index contributed by atoms with van der Waals surface area (Å²) in [6, 6.07) is 8.65. The Bertz CT molecular complexity index is 639. The summed E-state index contributed by atoms with van der Waals surface area (Å²) >= 11 is 1.71. The molecule has 126 valence electrons. The van der Waals surface area contributed by atoms with E-state index in [0.29, 0.717) is 5.92 Å². The van der Waals surface area contributed by atoms with E-state index in [9.17, 15) is 0 Å². The summed E-state index contributed by atoms with van der Waals surface area (Å²) in [6.45, 7) is 7.97. The van der Waals surface area contributed by atoms with Gasteiger partial charge in [0.05, 0.1) is 11.6 Å². The van der Waals surface area contributed by atoms with Crippen LogP contribution < -0.4 is 10.6 Å². The number of nitrogens with zero attached hydrogens (tertiary/aromatic N) is 2. The lowest BCUT2D eigenvalue weighted by atomic mass is 9.99. The van der Waals surface area contributed by atoms with Crippen LogP contribution in [0.15, 0.2) is 35.5 Å². The largest absolute Gasteiger partial charge is 0.356 e. The van der Waals surface area contributed by atoms with Crippen molar-refractivity contribution in [3.8, 4) is 0 Å². The molecule has 1 aromatic heterocycles. The van der Waals surface area contributed by atoms with Gasteiger partial charge in [-0.2, -0.15) is 0 Å². The first-order chi connectivity index (χ1) is 10.6. The molecule has 4 nitrogen and oxygen atoms in total. The van der Waals surface area contributed by atoms with Crippen molar-refractivity contribution in [2.24, 2.45) is 4.99 Å². The fourth-order valence-electron chi connectivity index (χ4n) is 2.22. The molecule has 0 bridgehead atoms. The van der Waals surface area contributed by atoms with Gasteiger partial charge in [-0.15, -0.1) is 35.3 Å². The molecule has 0 spiro atoms. The van der Waals surface area contributed by atoms with E-state index in [4.69, 9.17) is 0 Å². The van der Waals surface area contributed by atoms with E-state index in [-0.39, 0.29) is 24.0 Å². The van der Waals surface area contributed by atoms with Gasteiger partial charge in [-0.1, -0.05) is 36.8 Å². The molecule has 23 heavy (non-hydrogen) atoms. The second-order valence-corrected chi connectivity index (χ2v) is 6.79. The third kappa shape index (κ3) is 6.47. The molecule has 0 saturated carbocycles. The average Bonchev–Trinajstić information content (AvgIpc) is 2.92. The summed E-state index contributed by atoms with van der Waals surface area (Å²) in [5, 5.41) is 7.80. The van der Waals surface area contributed by atoms with E-state index in [0.717, 1.165) is 24.1 Å². The predicted molar refractivity (Wildman–Crippen MR) is 110 cm³/mol. The Morgan fingerprint density at radius 3 is 2.70 bits per heavy atom. The summed E-state index contributed by atoms with van der Waals surface area (Å²) in [5.41, 5.74) is 2.65. The van der Waals surface area contributed by atoms with Gasteiger partial charge in [-0.05, 0) is 25.3 Å². The molecule has 0 aliphatic heterocycles. The van der Waals surface area contributed by atoms with Gasteiger partial charge in [0, 0.05) is 24.7 Å². The Morgan fingerprint density at radius 1 is 1.30 bits per heavy atom. The summed E-state index contributed by atoms with van der Waals surface area (Å²) in [6.07, 6.45) is 1.91. The fraction of sp³-hybridized carbons (Fsp3) is 0.412. The van der Waals surface area contributed by atoms with Gasteiger partial charge >= 0.3 is 0 Å². The van der Waals surface area contributed by atoms with Crippen LogP contribution in [0.5, 0.6) is 0 Å². The number of thiazole rings is 1. The van der Waals surface area contributed by atoms with Crippen molar-refractivity contribution >= 4 is 41.3 Å². The van der Waals surface area contributed by atoms with E-state index in [1.54, 1.807) is 18.4 Å². The third-order valence-corrected chi connectivity index (χ3v) is 4.42. The van der Waals surface area contributed by atoms with Crippen molar-refractivity contribution in [2.45, 2.75) is 33.2 Å². The van der Waals surface area contributed by atoms with Crippen molar-refractivity contribution in [2.75, 3.05) is 13.6 Å². The molecular weight excluding hydrogens is 419 g/mol. The third-order valence-electron chi connectivity index (χ3n) is 3.51. The van der Waals surface area contributed by atoms with Crippen LogP contribution in [0, 0.1) is 13.8 Å². The highest BCUT2D eigenvalue weighted by Crippen LogP contribution is 2.15. The van der Waals surface area contributed by atoms with E-state index in [2.05, 4.69) is 58.7 Å². The number of aromatic nitrogens is 1. The fourth-order valence-corrected chi connectivity index (χ4v) is 2.96. The normalized spacial score (nSPS) is 12.4. The summed E-state index contributed by atoms with van der Waals surface area (Å²) in [5.74, 6) is 1.26. The predicted octanol–water partition coefficient (Wildman–Crippen LogP) is 3.85. The van der Waals surface area contributed by atoms with Crippen molar-refractivity contribution in [3.05, 3.63) is 51.5 Å². The highest BCUT2D eigenvalue weighted by molar-refractivity contribution is 14.0. The topological polar surface area (TPSA) is 49.3 Å². The van der Waals surface area contributed by atoms with E-state index >= 15 is 0 Å². The van der Waals surface area contributed by atoms with Crippen LogP contribution in [0.4, 0.5) is 0 Å². The van der Waals surface area contributed by atoms with Crippen LogP contribution in [-0.2, 0) is 6.54 Å². The first-order valence-corrected chi connectivity index (χ1v) is 8.32. The highest BCUT2D eigenvalue weighted by atomic mass is 127. The lowest BCUT2D eigenvalue weighted by molar-refractivity contribution is 0.699. The van der Waals surface area contributed by atoms with E-state index in [1.807, 2.05) is 13.1 Å². The Morgan fingerprint density at radius 2 is 2.09 bits per heavy atom. The van der Waals surface area contributed by atoms with Crippen LogP contribution in [0.3, 0.4) is 0 Å². The summed E-state index contributed by atoms with van der Waals surface area (Å²) in [7, 11) is 1.80. The SMILES string of the molecule is CN=C(NCc1cnc(C)s1)NCC(C)c1cccc(C)c1.I. The van der Waals surface area contributed by atoms with Crippen LogP contribution in [0.25, 0.3) is 0 Å². The smallest absolute Gasteiger partial charge is 0.191 e. The molecule has 2 aromatic rings. The minimum Gasteiger partial charge on any atom is -0.356 e. The Kier molecular flexibility index (Phi) is 8.54. The first-order valence-electron chi connectivity index (χ1n) is 7.51. The standard InChI is InChI=1S/C17H24N4S.HI/c1-12-6-5-7-15(8-12)13(2)9-20-17(18-4)21-11-16-10-19-14(3)22-16;/h5-8,10,13H,9,11H2,1-4H3,(H2,18,20,21);1H. The quantitative estimate of drug-likeness (QED) is 0.419. The van der Waals surface area contributed by atoms with Gasteiger partial charge < -0.3 is 10.6 Å². The maximum absolute atomic E-state index is 4.27. The zero-order valence-electron chi connectivity index (χ0n) is 14.1. The van der Waals surface area contributed by atoms with Gasteiger partial charge in [0.15, 0.2) is 5.96 Å². The number of halogens is 1. The molecule has 0 amide bonds. The second-order valence-electron chi connectivity index (χ2n) is 5.47. The van der Waals surface area contributed by atoms with Crippen molar-refractivity contribution < 1.29 is 0 Å². The minimum atomic E-state index is 0. The number of nitrogens with one attached hydrogen (secondary N) is 2. The van der Waals surface area contributed by atoms with Gasteiger partial charge in [0.2, 0.25) is 0 Å². The molecule has 0 saturated heterocycles. The van der Waals surface area contributed by atoms with Gasteiger partial charge in [0.25, 0.3) is 0 Å². The van der Waals surface area contributed by atoms with Gasteiger partial charge in [0.1, 0.15) is 0 Å². The van der Waals surface area contributed by atoms with Crippen LogP contribution in [0.2, 0.25) is 0 Å². The Labute approximate surface area is 159 Å². The first kappa shape index (κ1) is 19.9. The Balaban J connectivity index is 0.00000264.